The van der Waals surface area contributed by atoms with Gasteiger partial charge in [0.25, 0.3) is 0 Å². The van der Waals surface area contributed by atoms with Gasteiger partial charge >= 0.3 is 5.97 Å². The molecule has 7 heteroatoms. The zero-order valence-electron chi connectivity index (χ0n) is 16.8. The van der Waals surface area contributed by atoms with Crippen LogP contribution < -0.4 is 21.1 Å². The number of carbonyl (C=O) groups is 1. The van der Waals surface area contributed by atoms with Crippen molar-refractivity contribution in [3.63, 3.8) is 0 Å². The Morgan fingerprint density at radius 3 is 2.63 bits per heavy atom. The monoisotopic (exact) mass is 408 g/mol. The predicted molar refractivity (Wildman–Crippen MR) is 117 cm³/mol. The molecule has 7 nitrogen and oxygen atoms in total. The number of carboxylic acids is 1. The largest absolute Gasteiger partial charge is 0.494 e. The normalized spacial score (nSPS) is 18.6. The van der Waals surface area contributed by atoms with Gasteiger partial charge in [0, 0.05) is 19.0 Å². The van der Waals surface area contributed by atoms with Crippen molar-refractivity contribution < 1.29 is 14.6 Å². The van der Waals surface area contributed by atoms with Gasteiger partial charge in [-0.3, -0.25) is 15.8 Å². The van der Waals surface area contributed by atoms with Crippen molar-refractivity contribution in [3.05, 3.63) is 78.0 Å². The van der Waals surface area contributed by atoms with Crippen LogP contribution in [0, 0.1) is 0 Å². The van der Waals surface area contributed by atoms with E-state index in [4.69, 9.17) is 10.5 Å². The SMILES string of the molecule is NC1(NCCCOc2ccc(CC(CC(=O)O)c3ccccc3)cc2)N=CC=CN1. The van der Waals surface area contributed by atoms with Gasteiger partial charge in [0.15, 0.2) is 0 Å². The summed E-state index contributed by atoms with van der Waals surface area (Å²) >= 11 is 0. The molecule has 1 aliphatic heterocycles. The fraction of sp³-hybridized carbons (Fsp3) is 0.304. The number of rotatable bonds is 11. The molecule has 0 amide bonds. The minimum absolute atomic E-state index is 0.0592. The second kappa shape index (κ2) is 10.6. The van der Waals surface area contributed by atoms with Crippen LogP contribution in [-0.2, 0) is 11.2 Å². The van der Waals surface area contributed by atoms with Gasteiger partial charge in [-0.05, 0) is 48.1 Å². The molecule has 3 rings (SSSR count). The molecule has 5 N–H and O–H groups in total. The van der Waals surface area contributed by atoms with Gasteiger partial charge in [-0.15, -0.1) is 0 Å². The van der Waals surface area contributed by atoms with Crippen LogP contribution in [-0.4, -0.2) is 36.4 Å². The minimum Gasteiger partial charge on any atom is -0.494 e. The van der Waals surface area contributed by atoms with E-state index in [9.17, 15) is 9.90 Å². The Labute approximate surface area is 176 Å². The van der Waals surface area contributed by atoms with Gasteiger partial charge in [-0.25, -0.2) is 4.99 Å². The Morgan fingerprint density at radius 2 is 1.97 bits per heavy atom. The zero-order valence-corrected chi connectivity index (χ0v) is 16.8. The topological polar surface area (TPSA) is 109 Å². The first-order chi connectivity index (χ1) is 14.5. The van der Waals surface area contributed by atoms with E-state index in [0.717, 1.165) is 23.3 Å². The van der Waals surface area contributed by atoms with Gasteiger partial charge in [0.05, 0.1) is 13.0 Å². The highest BCUT2D eigenvalue weighted by Gasteiger charge is 2.20. The molecule has 2 aromatic rings. The maximum atomic E-state index is 11.3. The molecule has 2 aromatic carbocycles. The molecule has 0 bridgehead atoms. The molecule has 0 radical (unpaired) electrons. The Bertz CT molecular complexity index is 868. The van der Waals surface area contributed by atoms with Crippen molar-refractivity contribution >= 4 is 12.2 Å². The number of benzene rings is 2. The summed E-state index contributed by atoms with van der Waals surface area (Å²) in [5.74, 6) is -1.02. The van der Waals surface area contributed by atoms with Crippen LogP contribution >= 0.6 is 0 Å². The molecular weight excluding hydrogens is 380 g/mol. The minimum atomic E-state index is -0.957. The fourth-order valence-electron chi connectivity index (χ4n) is 3.30. The average Bonchev–Trinajstić information content (AvgIpc) is 2.75. The van der Waals surface area contributed by atoms with E-state index in [2.05, 4.69) is 15.6 Å². The van der Waals surface area contributed by atoms with Crippen LogP contribution in [0.5, 0.6) is 5.75 Å². The summed E-state index contributed by atoms with van der Waals surface area (Å²) in [6.07, 6.45) is 6.73. The summed E-state index contributed by atoms with van der Waals surface area (Å²) in [5.41, 5.74) is 8.15. The average molecular weight is 409 g/mol. The van der Waals surface area contributed by atoms with Crippen molar-refractivity contribution in [2.24, 2.45) is 10.7 Å². The maximum absolute atomic E-state index is 11.3. The quantitative estimate of drug-likeness (QED) is 0.336. The smallest absolute Gasteiger partial charge is 0.303 e. The summed E-state index contributed by atoms with van der Waals surface area (Å²) < 4.78 is 5.79. The molecular formula is C23H28N4O3. The van der Waals surface area contributed by atoms with Crippen LogP contribution in [0.1, 0.15) is 29.9 Å². The van der Waals surface area contributed by atoms with E-state index in [0.29, 0.717) is 19.6 Å². The number of allylic oxidation sites excluding steroid dienone is 1. The molecule has 0 aromatic heterocycles. The lowest BCUT2D eigenvalue weighted by Gasteiger charge is -2.28. The summed E-state index contributed by atoms with van der Waals surface area (Å²) in [6, 6.07) is 17.6. The predicted octanol–water partition coefficient (Wildman–Crippen LogP) is 2.60. The highest BCUT2D eigenvalue weighted by molar-refractivity contribution is 5.72. The van der Waals surface area contributed by atoms with Crippen LogP contribution in [0.25, 0.3) is 0 Å². The zero-order chi connectivity index (χ0) is 21.2. The summed E-state index contributed by atoms with van der Waals surface area (Å²) in [6.45, 7) is 1.20. The van der Waals surface area contributed by atoms with Gasteiger partial charge < -0.3 is 15.2 Å². The highest BCUT2D eigenvalue weighted by Crippen LogP contribution is 2.25. The van der Waals surface area contributed by atoms with E-state index >= 15 is 0 Å². The number of aliphatic carboxylic acids is 1. The van der Waals surface area contributed by atoms with E-state index < -0.39 is 11.9 Å². The first-order valence-corrected chi connectivity index (χ1v) is 10.0. The lowest BCUT2D eigenvalue weighted by Crippen LogP contribution is -2.62. The summed E-state index contributed by atoms with van der Waals surface area (Å²) in [5, 5.41) is 15.4. The first kappa shape index (κ1) is 21.5. The second-order valence-electron chi connectivity index (χ2n) is 7.23. The Morgan fingerprint density at radius 1 is 1.20 bits per heavy atom. The third-order valence-electron chi connectivity index (χ3n) is 4.85. The Kier molecular flexibility index (Phi) is 7.59. The lowest BCUT2D eigenvalue weighted by molar-refractivity contribution is -0.137. The number of aliphatic imine (C=N–C) groups is 1. The molecule has 0 aliphatic carbocycles. The third-order valence-corrected chi connectivity index (χ3v) is 4.85. The molecule has 0 saturated carbocycles. The van der Waals surface area contributed by atoms with Gasteiger partial charge in [0.1, 0.15) is 5.75 Å². The molecule has 30 heavy (non-hydrogen) atoms. The first-order valence-electron chi connectivity index (χ1n) is 10.0. The summed E-state index contributed by atoms with van der Waals surface area (Å²) in [4.78, 5) is 15.4. The Balaban J connectivity index is 1.45. The van der Waals surface area contributed by atoms with E-state index in [-0.39, 0.29) is 12.3 Å². The molecule has 0 saturated heterocycles. The second-order valence-corrected chi connectivity index (χ2v) is 7.23. The lowest BCUT2D eigenvalue weighted by atomic mass is 9.89. The summed E-state index contributed by atoms with van der Waals surface area (Å²) in [7, 11) is 0. The maximum Gasteiger partial charge on any atom is 0.303 e. The third kappa shape index (κ3) is 6.72. The molecule has 2 atom stereocenters. The van der Waals surface area contributed by atoms with Crippen molar-refractivity contribution in [1.29, 1.82) is 0 Å². The number of hydrogen-bond acceptors (Lipinski definition) is 6. The van der Waals surface area contributed by atoms with E-state index in [1.54, 1.807) is 18.5 Å². The number of carboxylic acid groups (broad SMARTS) is 1. The van der Waals surface area contributed by atoms with Crippen LogP contribution in [0.3, 0.4) is 0 Å². The number of hydrogen-bond donors (Lipinski definition) is 4. The highest BCUT2D eigenvalue weighted by atomic mass is 16.5. The molecule has 158 valence electrons. The van der Waals surface area contributed by atoms with Crippen molar-refractivity contribution in [3.8, 4) is 5.75 Å². The van der Waals surface area contributed by atoms with Gasteiger partial charge in [-0.2, -0.15) is 0 Å². The van der Waals surface area contributed by atoms with Crippen LogP contribution in [0.4, 0.5) is 0 Å². The van der Waals surface area contributed by atoms with Crippen LogP contribution in [0.2, 0.25) is 0 Å². The standard InChI is InChI=1S/C23H28N4O3/c24-23(25-12-4-13-26-23)27-14-5-15-30-21-10-8-18(9-11-21)16-20(17-22(28)29)19-6-2-1-3-7-19/h1-4,6-13,20,25,27H,5,14-17,24H2,(H,28,29). The van der Waals surface area contributed by atoms with Crippen molar-refractivity contribution in [1.82, 2.24) is 10.6 Å². The number of nitrogens with one attached hydrogen (secondary N) is 2. The fourth-order valence-corrected chi connectivity index (χ4v) is 3.30. The Hall–Kier alpha value is -3.16. The molecule has 1 heterocycles. The number of ether oxygens (including phenoxy) is 1. The molecule has 2 unspecified atom stereocenters. The van der Waals surface area contributed by atoms with Crippen molar-refractivity contribution in [2.75, 3.05) is 13.2 Å². The number of nitrogens with two attached hydrogens (primary N) is 1. The van der Waals surface area contributed by atoms with Crippen molar-refractivity contribution in [2.45, 2.75) is 31.1 Å². The van der Waals surface area contributed by atoms with E-state index in [1.165, 1.54) is 0 Å². The molecule has 0 fully saturated rings. The van der Waals surface area contributed by atoms with E-state index in [1.807, 2.05) is 54.6 Å². The molecule has 0 spiro atoms. The van der Waals surface area contributed by atoms with Gasteiger partial charge in [-0.1, -0.05) is 42.5 Å². The van der Waals surface area contributed by atoms with Crippen LogP contribution in [0.15, 0.2) is 71.9 Å². The molecule has 1 aliphatic rings. The number of nitrogens with zero attached hydrogens (tertiary/aromatic N) is 1. The van der Waals surface area contributed by atoms with Gasteiger partial charge in [0.2, 0.25) is 5.91 Å².